The molecule has 1 saturated heterocycles. The number of hydrogen-bond donors (Lipinski definition) is 2. The van der Waals surface area contributed by atoms with Crippen molar-refractivity contribution >= 4 is 69.3 Å². The van der Waals surface area contributed by atoms with Crippen LogP contribution in [0.3, 0.4) is 0 Å². The number of hydrogen-bond acceptors (Lipinski definition) is 8. The zero-order chi connectivity index (χ0) is 32.0. The van der Waals surface area contributed by atoms with Gasteiger partial charge in [0.2, 0.25) is 22.1 Å². The summed E-state index contributed by atoms with van der Waals surface area (Å²) in [4.78, 5) is 66.3. The molecule has 0 saturated carbocycles. The molecule has 0 aliphatic carbocycles. The SMILES string of the molecule is CCOC(=S)SC(CCC(=O)CCl)CC[C@H](C(C)=O)C(=O)NC(C)(C)C(=O)N[C@@H](Cc1ccccc1)C(=O)N1CCCC1. The summed E-state index contributed by atoms with van der Waals surface area (Å²) in [6.45, 7) is 7.96. The molecule has 43 heavy (non-hydrogen) atoms. The zero-order valence-corrected chi connectivity index (χ0v) is 27.9. The molecule has 1 heterocycles. The Morgan fingerprint density at radius 1 is 1.07 bits per heavy atom. The minimum atomic E-state index is -1.40. The van der Waals surface area contributed by atoms with Gasteiger partial charge >= 0.3 is 0 Å². The van der Waals surface area contributed by atoms with Crippen molar-refractivity contribution in [1.82, 2.24) is 15.5 Å². The molecular weight excluding hydrogens is 610 g/mol. The van der Waals surface area contributed by atoms with Crippen LogP contribution in [0.1, 0.15) is 71.8 Å². The maximum atomic E-state index is 13.5. The second-order valence-corrected chi connectivity index (χ2v) is 13.4. The molecule has 0 spiro atoms. The number of halogens is 1. The van der Waals surface area contributed by atoms with Crippen molar-refractivity contribution in [1.29, 1.82) is 0 Å². The van der Waals surface area contributed by atoms with E-state index >= 15 is 0 Å². The largest absolute Gasteiger partial charge is 0.479 e. The van der Waals surface area contributed by atoms with Crippen LogP contribution in [0.5, 0.6) is 0 Å². The highest BCUT2D eigenvalue weighted by Gasteiger charge is 2.37. The van der Waals surface area contributed by atoms with Crippen molar-refractivity contribution in [2.45, 2.75) is 89.5 Å². The summed E-state index contributed by atoms with van der Waals surface area (Å²) in [6, 6.07) is 8.65. The summed E-state index contributed by atoms with van der Waals surface area (Å²) in [7, 11) is 0. The fourth-order valence-corrected chi connectivity index (χ4v) is 6.42. The fraction of sp³-hybridized carbons (Fsp3) is 0.613. The Hall–Kier alpha value is -2.50. The molecule has 12 heteroatoms. The van der Waals surface area contributed by atoms with Gasteiger partial charge in [0.15, 0.2) is 0 Å². The number of rotatable bonds is 17. The third kappa shape index (κ3) is 12.6. The van der Waals surface area contributed by atoms with Crippen molar-refractivity contribution in [3.8, 4) is 0 Å². The molecule has 0 bridgehead atoms. The first-order valence-corrected chi connectivity index (χ1v) is 16.6. The molecule has 1 fully saturated rings. The van der Waals surface area contributed by atoms with E-state index < -0.39 is 29.3 Å². The van der Waals surface area contributed by atoms with E-state index in [-0.39, 0.29) is 41.4 Å². The Labute approximate surface area is 269 Å². The van der Waals surface area contributed by atoms with Crippen LogP contribution >= 0.6 is 35.6 Å². The molecule has 2 N–H and O–H groups in total. The zero-order valence-electron chi connectivity index (χ0n) is 25.5. The van der Waals surface area contributed by atoms with Gasteiger partial charge in [0, 0.05) is 31.2 Å². The lowest BCUT2D eigenvalue weighted by molar-refractivity contribution is -0.140. The fourth-order valence-electron chi connectivity index (χ4n) is 4.81. The normalized spacial score (nSPS) is 15.2. The average molecular weight is 654 g/mol. The number of likely N-dealkylation sites (tertiary alicyclic amines) is 1. The van der Waals surface area contributed by atoms with E-state index in [9.17, 15) is 24.0 Å². The van der Waals surface area contributed by atoms with Gasteiger partial charge in [0.25, 0.3) is 0 Å². The van der Waals surface area contributed by atoms with Gasteiger partial charge in [-0.1, -0.05) is 42.1 Å². The highest BCUT2D eigenvalue weighted by Crippen LogP contribution is 2.26. The third-order valence-corrected chi connectivity index (χ3v) is 9.13. The minimum absolute atomic E-state index is 0.0846. The summed E-state index contributed by atoms with van der Waals surface area (Å²) < 4.78 is 5.72. The summed E-state index contributed by atoms with van der Waals surface area (Å²) in [5.41, 5.74) is -0.495. The Morgan fingerprint density at radius 3 is 2.30 bits per heavy atom. The molecule has 9 nitrogen and oxygen atoms in total. The quantitative estimate of drug-likeness (QED) is 0.146. The Kier molecular flexibility index (Phi) is 15.6. The molecular formula is C31H44ClN3O6S2. The van der Waals surface area contributed by atoms with Gasteiger partial charge in [-0.2, -0.15) is 0 Å². The number of amides is 3. The maximum absolute atomic E-state index is 13.5. The number of nitrogens with one attached hydrogen (secondary N) is 2. The highest BCUT2D eigenvalue weighted by atomic mass is 35.5. The predicted octanol–water partition coefficient (Wildman–Crippen LogP) is 4.23. The molecule has 3 amide bonds. The molecule has 2 rings (SSSR count). The second-order valence-electron chi connectivity index (χ2n) is 11.2. The van der Waals surface area contributed by atoms with Crippen LogP contribution in [0.2, 0.25) is 0 Å². The van der Waals surface area contributed by atoms with E-state index in [1.807, 2.05) is 37.3 Å². The minimum Gasteiger partial charge on any atom is -0.479 e. The van der Waals surface area contributed by atoms with E-state index in [4.69, 9.17) is 28.6 Å². The van der Waals surface area contributed by atoms with Crippen LogP contribution in [0.25, 0.3) is 0 Å². The lowest BCUT2D eigenvalue weighted by atomic mass is 9.93. The van der Waals surface area contributed by atoms with Crippen molar-refractivity contribution < 1.29 is 28.7 Å². The first kappa shape index (κ1) is 36.7. The van der Waals surface area contributed by atoms with Crippen molar-refractivity contribution in [2.24, 2.45) is 5.92 Å². The molecule has 1 aromatic carbocycles. The number of thioether (sulfide) groups is 1. The molecule has 238 valence electrons. The lowest BCUT2D eigenvalue weighted by Crippen LogP contribution is -2.60. The number of alkyl halides is 1. The topological polar surface area (TPSA) is 122 Å². The maximum Gasteiger partial charge on any atom is 0.245 e. The highest BCUT2D eigenvalue weighted by molar-refractivity contribution is 8.23. The van der Waals surface area contributed by atoms with Crippen molar-refractivity contribution in [3.05, 3.63) is 35.9 Å². The summed E-state index contributed by atoms with van der Waals surface area (Å²) in [5, 5.41) is 5.44. The first-order chi connectivity index (χ1) is 20.4. The van der Waals surface area contributed by atoms with E-state index in [0.29, 0.717) is 43.3 Å². The Morgan fingerprint density at radius 2 is 1.72 bits per heavy atom. The van der Waals surface area contributed by atoms with Crippen LogP contribution in [0.15, 0.2) is 30.3 Å². The smallest absolute Gasteiger partial charge is 0.245 e. The van der Waals surface area contributed by atoms with Gasteiger partial charge in [-0.3, -0.25) is 24.0 Å². The van der Waals surface area contributed by atoms with Gasteiger partial charge in [0.05, 0.1) is 18.4 Å². The predicted molar refractivity (Wildman–Crippen MR) is 174 cm³/mol. The number of benzene rings is 1. The third-order valence-electron chi connectivity index (χ3n) is 7.31. The van der Waals surface area contributed by atoms with Gasteiger partial charge in [-0.15, -0.1) is 11.6 Å². The molecule has 1 aromatic rings. The Bertz CT molecular complexity index is 1130. The monoisotopic (exact) mass is 653 g/mol. The van der Waals surface area contributed by atoms with Gasteiger partial charge in [0.1, 0.15) is 23.1 Å². The van der Waals surface area contributed by atoms with E-state index in [2.05, 4.69) is 10.6 Å². The number of carbonyl (C=O) groups is 5. The van der Waals surface area contributed by atoms with Crippen LogP contribution in [-0.4, -0.2) is 81.0 Å². The van der Waals surface area contributed by atoms with E-state index in [1.54, 1.807) is 18.7 Å². The second kappa shape index (κ2) is 18.3. The van der Waals surface area contributed by atoms with Crippen molar-refractivity contribution in [2.75, 3.05) is 25.6 Å². The number of Topliss-reactive ketones (excluding diaryl/α,β-unsaturated/α-hetero) is 2. The van der Waals surface area contributed by atoms with Crippen LogP contribution in [0.4, 0.5) is 0 Å². The first-order valence-electron chi connectivity index (χ1n) is 14.7. The Balaban J connectivity index is 2.10. The average Bonchev–Trinajstić information content (AvgIpc) is 3.50. The van der Waals surface area contributed by atoms with E-state index in [1.165, 1.54) is 18.7 Å². The molecule has 0 radical (unpaired) electrons. The number of ketones is 2. The van der Waals surface area contributed by atoms with Gasteiger partial charge < -0.3 is 20.3 Å². The summed E-state index contributed by atoms with van der Waals surface area (Å²) in [5.74, 6) is -2.79. The van der Waals surface area contributed by atoms with Crippen molar-refractivity contribution in [3.63, 3.8) is 0 Å². The number of thiocarbonyl (C=S) groups is 1. The molecule has 0 aromatic heterocycles. The summed E-state index contributed by atoms with van der Waals surface area (Å²) in [6.07, 6.45) is 3.50. The summed E-state index contributed by atoms with van der Waals surface area (Å²) >= 11 is 12.2. The standard InChI is InChI=1S/C31H44ClN3O6S2/c1-5-41-30(42)43-24(14-13-23(37)20-32)15-16-25(21(2)36)27(38)34-31(3,4)29(40)33-26(19-22-11-7-6-8-12-22)28(39)35-17-9-10-18-35/h6-8,11-12,24-26H,5,9-10,13-20H2,1-4H3,(H,33,40)(H,34,38)/t24?,25-,26+/m1/s1. The lowest BCUT2D eigenvalue weighted by Gasteiger charge is -2.31. The molecule has 3 atom stereocenters. The van der Waals surface area contributed by atoms with Crippen LogP contribution in [-0.2, 0) is 35.1 Å². The van der Waals surface area contributed by atoms with E-state index in [0.717, 1.165) is 18.4 Å². The molecule has 1 aliphatic heterocycles. The number of nitrogens with zero attached hydrogens (tertiary/aromatic N) is 1. The number of carbonyl (C=O) groups excluding carboxylic acids is 5. The van der Waals surface area contributed by atoms with Gasteiger partial charge in [-0.25, -0.2) is 0 Å². The molecule has 1 aliphatic rings. The molecule has 1 unspecified atom stereocenters. The van der Waals surface area contributed by atoms with Crippen LogP contribution in [0, 0.1) is 5.92 Å². The van der Waals surface area contributed by atoms with Gasteiger partial charge in [-0.05, 0) is 77.6 Å². The van der Waals surface area contributed by atoms with Crippen LogP contribution < -0.4 is 10.6 Å². The number of ether oxygens (including phenoxy) is 1.